The van der Waals surface area contributed by atoms with Crippen molar-refractivity contribution in [3.8, 4) is 5.75 Å². The Morgan fingerprint density at radius 3 is 2.69 bits per heavy atom. The molecule has 0 unspecified atom stereocenters. The van der Waals surface area contributed by atoms with E-state index in [0.717, 1.165) is 37.1 Å². The van der Waals surface area contributed by atoms with Gasteiger partial charge in [0.05, 0.1) is 11.1 Å². The summed E-state index contributed by atoms with van der Waals surface area (Å²) in [5.74, 6) is -0.219. The molecule has 1 aliphatic rings. The van der Waals surface area contributed by atoms with Crippen LogP contribution in [0.2, 0.25) is 0 Å². The van der Waals surface area contributed by atoms with Crippen LogP contribution in [0.5, 0.6) is 5.75 Å². The predicted molar refractivity (Wildman–Crippen MR) is 126 cm³/mol. The lowest BCUT2D eigenvalue weighted by atomic mass is 10.1. The molecule has 1 saturated heterocycles. The quantitative estimate of drug-likeness (QED) is 0.476. The first kappa shape index (κ1) is 24.5. The first-order valence-electron chi connectivity index (χ1n) is 11.2. The van der Waals surface area contributed by atoms with Gasteiger partial charge in [-0.2, -0.15) is 13.2 Å². The minimum absolute atomic E-state index is 0.0106. The van der Waals surface area contributed by atoms with Crippen molar-refractivity contribution in [1.82, 2.24) is 14.9 Å². The zero-order chi connectivity index (χ0) is 24.8. The summed E-state index contributed by atoms with van der Waals surface area (Å²) in [6.45, 7) is 1.61. The van der Waals surface area contributed by atoms with Crippen LogP contribution >= 0.6 is 0 Å². The van der Waals surface area contributed by atoms with Gasteiger partial charge in [-0.15, -0.1) is 0 Å². The number of rotatable bonds is 8. The number of benzene rings is 1. The number of aromatic nitrogens is 2. The number of nitrogens with one attached hydrogen (secondary N) is 2. The Balaban J connectivity index is 1.51. The molecule has 1 aromatic carbocycles. The number of likely N-dealkylation sites (tertiary alicyclic amines) is 1. The molecule has 0 aliphatic carbocycles. The Hall–Kier alpha value is -3.66. The van der Waals surface area contributed by atoms with E-state index in [1.54, 1.807) is 24.5 Å². The van der Waals surface area contributed by atoms with E-state index >= 15 is 0 Å². The number of hydrogen-bond acceptors (Lipinski definition) is 6. The van der Waals surface area contributed by atoms with Crippen LogP contribution in [0.1, 0.15) is 34.3 Å². The third-order valence-electron chi connectivity index (χ3n) is 5.87. The van der Waals surface area contributed by atoms with Crippen molar-refractivity contribution in [2.24, 2.45) is 0 Å². The highest BCUT2D eigenvalue weighted by molar-refractivity contribution is 6.07. The molecule has 0 bridgehead atoms. The zero-order valence-corrected chi connectivity index (χ0v) is 19.2. The molecule has 1 atom stereocenters. The summed E-state index contributed by atoms with van der Waals surface area (Å²) in [5, 5.41) is 5.66. The van der Waals surface area contributed by atoms with Gasteiger partial charge in [-0.05, 0) is 68.4 Å². The average molecular weight is 486 g/mol. The number of hydrogen-bond donors (Lipinski definition) is 2. The second-order valence-electron chi connectivity index (χ2n) is 8.39. The molecule has 3 heterocycles. The van der Waals surface area contributed by atoms with E-state index in [-0.39, 0.29) is 29.6 Å². The summed E-state index contributed by atoms with van der Waals surface area (Å²) in [4.78, 5) is 23.3. The van der Waals surface area contributed by atoms with E-state index in [1.807, 2.05) is 19.2 Å². The smallest absolute Gasteiger partial charge is 0.416 e. The summed E-state index contributed by atoms with van der Waals surface area (Å²) < 4.78 is 46.3. The van der Waals surface area contributed by atoms with Gasteiger partial charge in [0, 0.05) is 42.9 Å². The van der Waals surface area contributed by atoms with Crippen molar-refractivity contribution in [3.05, 3.63) is 77.7 Å². The van der Waals surface area contributed by atoms with Crippen LogP contribution in [0.15, 0.2) is 61.1 Å². The van der Waals surface area contributed by atoms with Gasteiger partial charge >= 0.3 is 6.18 Å². The molecule has 3 aromatic rings. The van der Waals surface area contributed by atoms with Gasteiger partial charge in [0.15, 0.2) is 0 Å². The third-order valence-corrected chi connectivity index (χ3v) is 5.87. The molecule has 35 heavy (non-hydrogen) atoms. The fraction of sp³-hybridized carbons (Fsp3) is 0.320. The number of alkyl halides is 3. The number of ether oxygens (including phenoxy) is 1. The average Bonchev–Trinajstić information content (AvgIpc) is 3.26. The normalized spacial score (nSPS) is 16.2. The Bertz CT molecular complexity index is 1160. The van der Waals surface area contributed by atoms with Gasteiger partial charge in [0.2, 0.25) is 0 Å². The Morgan fingerprint density at radius 2 is 1.97 bits per heavy atom. The van der Waals surface area contributed by atoms with Crippen molar-refractivity contribution >= 4 is 17.4 Å². The number of halogens is 3. The molecule has 2 aromatic heterocycles. The Labute approximate surface area is 201 Å². The van der Waals surface area contributed by atoms with Crippen LogP contribution in [-0.2, 0) is 12.7 Å². The largest absolute Gasteiger partial charge is 0.492 e. The highest BCUT2D eigenvalue weighted by Crippen LogP contribution is 2.34. The van der Waals surface area contributed by atoms with E-state index in [0.29, 0.717) is 12.4 Å². The van der Waals surface area contributed by atoms with Gasteiger partial charge in [-0.25, -0.2) is 4.98 Å². The van der Waals surface area contributed by atoms with E-state index in [9.17, 15) is 18.0 Å². The molecule has 0 saturated carbocycles. The van der Waals surface area contributed by atoms with Crippen LogP contribution in [0, 0.1) is 0 Å². The predicted octanol–water partition coefficient (Wildman–Crippen LogP) is 4.83. The van der Waals surface area contributed by atoms with Crippen molar-refractivity contribution < 1.29 is 22.7 Å². The number of pyridine rings is 2. The Morgan fingerprint density at radius 1 is 1.17 bits per heavy atom. The summed E-state index contributed by atoms with van der Waals surface area (Å²) in [7, 11) is 1.97. The summed E-state index contributed by atoms with van der Waals surface area (Å²) in [5.41, 5.74) is 0.231. The number of anilines is 2. The molecule has 4 rings (SSSR count). The zero-order valence-electron chi connectivity index (χ0n) is 19.2. The van der Waals surface area contributed by atoms with Gasteiger partial charge in [0.1, 0.15) is 18.2 Å². The standard InChI is InChI=1S/C25H26F3N5O2/c1-33-11-3-4-20(33)16-35-21-13-18(25(26,27)28)12-19(14-21)32-24(34)22-5-2-8-30-23(22)31-15-17-6-9-29-10-7-17/h2,5-10,12-14,20H,3-4,11,15-16H2,1H3,(H,30,31)(H,32,34)/t20-/m0/s1. The van der Waals surface area contributed by atoms with Crippen LogP contribution in [0.4, 0.5) is 24.7 Å². The first-order valence-corrected chi connectivity index (χ1v) is 11.2. The Kier molecular flexibility index (Phi) is 7.50. The topological polar surface area (TPSA) is 79.4 Å². The molecule has 2 N–H and O–H groups in total. The molecule has 0 radical (unpaired) electrons. The summed E-state index contributed by atoms with van der Waals surface area (Å²) in [6, 6.07) is 10.2. The van der Waals surface area contributed by atoms with Crippen LogP contribution < -0.4 is 15.4 Å². The molecular weight excluding hydrogens is 459 g/mol. The number of likely N-dealkylation sites (N-methyl/N-ethyl adjacent to an activating group) is 1. The molecule has 1 fully saturated rings. The van der Waals surface area contributed by atoms with E-state index in [1.165, 1.54) is 12.3 Å². The van der Waals surface area contributed by atoms with Crippen LogP contribution in [0.3, 0.4) is 0 Å². The van der Waals surface area contributed by atoms with Crippen molar-refractivity contribution in [2.45, 2.75) is 31.6 Å². The maximum absolute atomic E-state index is 13.5. The lowest BCUT2D eigenvalue weighted by molar-refractivity contribution is -0.137. The van der Waals surface area contributed by atoms with Crippen LogP contribution in [-0.4, -0.2) is 47.0 Å². The third kappa shape index (κ3) is 6.48. The molecule has 1 aliphatic heterocycles. The van der Waals surface area contributed by atoms with Gasteiger partial charge in [0.25, 0.3) is 5.91 Å². The second-order valence-corrected chi connectivity index (χ2v) is 8.39. The van der Waals surface area contributed by atoms with Crippen molar-refractivity contribution in [2.75, 3.05) is 30.8 Å². The fourth-order valence-electron chi connectivity index (χ4n) is 3.91. The lowest BCUT2D eigenvalue weighted by Gasteiger charge is -2.20. The van der Waals surface area contributed by atoms with E-state index < -0.39 is 17.6 Å². The summed E-state index contributed by atoms with van der Waals surface area (Å²) >= 11 is 0. The minimum atomic E-state index is -4.59. The first-order chi connectivity index (χ1) is 16.8. The van der Waals surface area contributed by atoms with Crippen LogP contribution in [0.25, 0.3) is 0 Å². The number of carbonyl (C=O) groups is 1. The minimum Gasteiger partial charge on any atom is -0.492 e. The van der Waals surface area contributed by atoms with E-state index in [4.69, 9.17) is 4.74 Å². The SMILES string of the molecule is CN1CCC[C@H]1COc1cc(NC(=O)c2cccnc2NCc2ccncc2)cc(C(F)(F)F)c1. The number of nitrogens with zero attached hydrogens (tertiary/aromatic N) is 3. The van der Waals surface area contributed by atoms with Crippen molar-refractivity contribution in [1.29, 1.82) is 0 Å². The molecular formula is C25H26F3N5O2. The maximum atomic E-state index is 13.5. The monoisotopic (exact) mass is 485 g/mol. The van der Waals surface area contributed by atoms with Gasteiger partial charge < -0.3 is 20.3 Å². The highest BCUT2D eigenvalue weighted by Gasteiger charge is 2.32. The number of amides is 1. The molecule has 0 spiro atoms. The fourth-order valence-corrected chi connectivity index (χ4v) is 3.91. The second kappa shape index (κ2) is 10.7. The van der Waals surface area contributed by atoms with Gasteiger partial charge in [-0.1, -0.05) is 0 Å². The lowest BCUT2D eigenvalue weighted by Crippen LogP contribution is -2.30. The molecule has 1 amide bonds. The molecule has 7 nitrogen and oxygen atoms in total. The molecule has 184 valence electrons. The number of carbonyl (C=O) groups excluding carboxylic acids is 1. The maximum Gasteiger partial charge on any atom is 0.416 e. The molecule has 10 heteroatoms. The van der Waals surface area contributed by atoms with E-state index in [2.05, 4.69) is 25.5 Å². The van der Waals surface area contributed by atoms with Gasteiger partial charge in [-0.3, -0.25) is 9.78 Å². The highest BCUT2D eigenvalue weighted by atomic mass is 19.4. The van der Waals surface area contributed by atoms with Crippen molar-refractivity contribution in [3.63, 3.8) is 0 Å². The summed E-state index contributed by atoms with van der Waals surface area (Å²) in [6.07, 6.45) is 2.20.